The minimum absolute atomic E-state index is 0.136. The zero-order chi connectivity index (χ0) is 17.5. The lowest BCUT2D eigenvalue weighted by Gasteiger charge is -2.08. The number of rotatable bonds is 6. The molecule has 0 bridgehead atoms. The molecule has 0 atom stereocenters. The van der Waals surface area contributed by atoms with Crippen LogP contribution in [-0.4, -0.2) is 27.4 Å². The SMILES string of the molecule is Cc1nc(-c2ccccc2)ncc1C(=O)NCCCc1cccnc1. The van der Waals surface area contributed by atoms with Crippen molar-refractivity contribution in [3.63, 3.8) is 0 Å². The minimum atomic E-state index is -0.136. The Bertz CT molecular complexity index is 835. The van der Waals surface area contributed by atoms with Crippen LogP contribution >= 0.6 is 0 Å². The average molecular weight is 332 g/mol. The maximum Gasteiger partial charge on any atom is 0.254 e. The first kappa shape index (κ1) is 16.8. The monoisotopic (exact) mass is 332 g/mol. The number of amides is 1. The molecule has 0 spiro atoms. The van der Waals surface area contributed by atoms with Crippen LogP contribution in [0.25, 0.3) is 11.4 Å². The average Bonchev–Trinajstić information content (AvgIpc) is 2.66. The molecule has 0 aliphatic heterocycles. The van der Waals surface area contributed by atoms with Crippen LogP contribution < -0.4 is 5.32 Å². The van der Waals surface area contributed by atoms with E-state index in [0.29, 0.717) is 23.6 Å². The van der Waals surface area contributed by atoms with Gasteiger partial charge in [-0.25, -0.2) is 9.97 Å². The Morgan fingerprint density at radius 3 is 2.64 bits per heavy atom. The second-order valence-electron chi connectivity index (χ2n) is 5.78. The van der Waals surface area contributed by atoms with Gasteiger partial charge in [-0.05, 0) is 31.4 Å². The third-order valence-electron chi connectivity index (χ3n) is 3.91. The van der Waals surface area contributed by atoms with Gasteiger partial charge in [-0.15, -0.1) is 0 Å². The van der Waals surface area contributed by atoms with E-state index in [-0.39, 0.29) is 5.91 Å². The van der Waals surface area contributed by atoms with E-state index in [0.717, 1.165) is 18.4 Å². The van der Waals surface area contributed by atoms with Crippen molar-refractivity contribution >= 4 is 5.91 Å². The number of carbonyl (C=O) groups is 1. The lowest BCUT2D eigenvalue weighted by molar-refractivity contribution is 0.0952. The highest BCUT2D eigenvalue weighted by Crippen LogP contribution is 2.15. The van der Waals surface area contributed by atoms with Gasteiger partial charge in [-0.1, -0.05) is 36.4 Å². The number of pyridine rings is 1. The van der Waals surface area contributed by atoms with Crippen LogP contribution in [0.4, 0.5) is 0 Å². The van der Waals surface area contributed by atoms with Gasteiger partial charge < -0.3 is 5.32 Å². The van der Waals surface area contributed by atoms with Crippen molar-refractivity contribution in [3.8, 4) is 11.4 Å². The Morgan fingerprint density at radius 2 is 1.92 bits per heavy atom. The highest BCUT2D eigenvalue weighted by Gasteiger charge is 2.12. The Hall–Kier alpha value is -3.08. The number of hydrogen-bond donors (Lipinski definition) is 1. The van der Waals surface area contributed by atoms with Crippen molar-refractivity contribution in [2.45, 2.75) is 19.8 Å². The van der Waals surface area contributed by atoms with Gasteiger partial charge in [0.25, 0.3) is 5.91 Å². The summed E-state index contributed by atoms with van der Waals surface area (Å²) in [5.41, 5.74) is 3.30. The third kappa shape index (κ3) is 4.47. The normalized spacial score (nSPS) is 10.4. The largest absolute Gasteiger partial charge is 0.352 e. The summed E-state index contributed by atoms with van der Waals surface area (Å²) in [5.74, 6) is 0.495. The van der Waals surface area contributed by atoms with E-state index >= 15 is 0 Å². The smallest absolute Gasteiger partial charge is 0.254 e. The van der Waals surface area contributed by atoms with Crippen LogP contribution in [0.2, 0.25) is 0 Å². The van der Waals surface area contributed by atoms with Gasteiger partial charge in [0, 0.05) is 30.7 Å². The molecule has 1 N–H and O–H groups in total. The molecule has 0 aliphatic rings. The number of aryl methyl sites for hydroxylation is 2. The fourth-order valence-electron chi connectivity index (χ4n) is 2.55. The maximum atomic E-state index is 12.3. The fraction of sp³-hybridized carbons (Fsp3) is 0.200. The second kappa shape index (κ2) is 8.15. The van der Waals surface area contributed by atoms with Crippen molar-refractivity contribution in [3.05, 3.63) is 77.9 Å². The molecule has 0 fully saturated rings. The summed E-state index contributed by atoms with van der Waals surface area (Å²) in [4.78, 5) is 25.2. The lowest BCUT2D eigenvalue weighted by atomic mass is 10.1. The summed E-state index contributed by atoms with van der Waals surface area (Å²) in [6.45, 7) is 2.44. The molecule has 0 radical (unpaired) electrons. The molecule has 1 aromatic carbocycles. The van der Waals surface area contributed by atoms with E-state index in [2.05, 4.69) is 20.3 Å². The number of nitrogens with one attached hydrogen (secondary N) is 1. The predicted molar refractivity (Wildman–Crippen MR) is 97.1 cm³/mol. The first-order chi connectivity index (χ1) is 12.2. The van der Waals surface area contributed by atoms with Crippen LogP contribution in [-0.2, 0) is 6.42 Å². The van der Waals surface area contributed by atoms with Crippen molar-refractivity contribution in [2.24, 2.45) is 0 Å². The molecule has 1 amide bonds. The zero-order valence-corrected chi connectivity index (χ0v) is 14.1. The van der Waals surface area contributed by atoms with E-state index in [1.807, 2.05) is 55.6 Å². The highest BCUT2D eigenvalue weighted by atomic mass is 16.1. The number of nitrogens with zero attached hydrogens (tertiary/aromatic N) is 3. The molecular formula is C20H20N4O. The summed E-state index contributed by atoms with van der Waals surface area (Å²) < 4.78 is 0. The van der Waals surface area contributed by atoms with Crippen molar-refractivity contribution in [2.75, 3.05) is 6.54 Å². The summed E-state index contributed by atoms with van der Waals surface area (Å²) >= 11 is 0. The van der Waals surface area contributed by atoms with Gasteiger partial charge >= 0.3 is 0 Å². The number of aromatic nitrogens is 3. The second-order valence-corrected chi connectivity index (χ2v) is 5.78. The van der Waals surface area contributed by atoms with E-state index in [1.165, 1.54) is 5.56 Å². The maximum absolute atomic E-state index is 12.3. The number of carbonyl (C=O) groups excluding carboxylic acids is 1. The molecule has 3 rings (SSSR count). The minimum Gasteiger partial charge on any atom is -0.352 e. The van der Waals surface area contributed by atoms with Gasteiger partial charge in [0.2, 0.25) is 0 Å². The third-order valence-corrected chi connectivity index (χ3v) is 3.91. The Morgan fingerprint density at radius 1 is 1.08 bits per heavy atom. The van der Waals surface area contributed by atoms with Gasteiger partial charge in [0.05, 0.1) is 11.3 Å². The van der Waals surface area contributed by atoms with E-state index < -0.39 is 0 Å². The zero-order valence-electron chi connectivity index (χ0n) is 14.1. The predicted octanol–water partition coefficient (Wildman–Crippen LogP) is 3.21. The molecule has 5 heteroatoms. The fourth-order valence-corrected chi connectivity index (χ4v) is 2.55. The molecule has 2 aromatic heterocycles. The summed E-state index contributed by atoms with van der Waals surface area (Å²) in [5, 5.41) is 2.93. The summed E-state index contributed by atoms with van der Waals surface area (Å²) in [6.07, 6.45) is 6.95. The Kier molecular flexibility index (Phi) is 5.46. The van der Waals surface area contributed by atoms with Crippen molar-refractivity contribution in [1.29, 1.82) is 0 Å². The first-order valence-electron chi connectivity index (χ1n) is 8.30. The molecule has 0 saturated carbocycles. The van der Waals surface area contributed by atoms with E-state index in [1.54, 1.807) is 12.4 Å². The molecule has 126 valence electrons. The quantitative estimate of drug-likeness (QED) is 0.704. The Balaban J connectivity index is 1.57. The molecule has 25 heavy (non-hydrogen) atoms. The molecule has 2 heterocycles. The van der Waals surface area contributed by atoms with Crippen LogP contribution in [0.1, 0.15) is 28.0 Å². The van der Waals surface area contributed by atoms with Gasteiger partial charge in [0.1, 0.15) is 0 Å². The Labute approximate surface area is 147 Å². The van der Waals surface area contributed by atoms with Gasteiger partial charge in [-0.2, -0.15) is 0 Å². The van der Waals surface area contributed by atoms with Crippen molar-refractivity contribution < 1.29 is 4.79 Å². The summed E-state index contributed by atoms with van der Waals surface area (Å²) in [6, 6.07) is 13.7. The first-order valence-corrected chi connectivity index (χ1v) is 8.30. The van der Waals surface area contributed by atoms with Crippen LogP contribution in [0.3, 0.4) is 0 Å². The lowest BCUT2D eigenvalue weighted by Crippen LogP contribution is -2.26. The highest BCUT2D eigenvalue weighted by molar-refractivity contribution is 5.95. The van der Waals surface area contributed by atoms with Crippen LogP contribution in [0.15, 0.2) is 61.1 Å². The number of benzene rings is 1. The molecule has 3 aromatic rings. The van der Waals surface area contributed by atoms with Gasteiger partial charge in [0.15, 0.2) is 5.82 Å². The number of hydrogen-bond acceptors (Lipinski definition) is 4. The molecular weight excluding hydrogens is 312 g/mol. The van der Waals surface area contributed by atoms with Crippen molar-refractivity contribution in [1.82, 2.24) is 20.3 Å². The molecule has 0 unspecified atom stereocenters. The molecule has 0 saturated heterocycles. The van der Waals surface area contributed by atoms with E-state index in [9.17, 15) is 4.79 Å². The standard InChI is InChI=1S/C20H20N4O/c1-15-18(14-23-19(24-15)17-9-3-2-4-10-17)20(25)22-12-6-8-16-7-5-11-21-13-16/h2-5,7,9-11,13-14H,6,8,12H2,1H3,(H,22,25). The van der Waals surface area contributed by atoms with Crippen LogP contribution in [0.5, 0.6) is 0 Å². The van der Waals surface area contributed by atoms with E-state index in [4.69, 9.17) is 0 Å². The van der Waals surface area contributed by atoms with Crippen LogP contribution in [0, 0.1) is 6.92 Å². The molecule has 5 nitrogen and oxygen atoms in total. The van der Waals surface area contributed by atoms with Gasteiger partial charge in [-0.3, -0.25) is 9.78 Å². The summed E-state index contributed by atoms with van der Waals surface area (Å²) in [7, 11) is 0. The molecule has 0 aliphatic carbocycles. The topological polar surface area (TPSA) is 67.8 Å².